The SMILES string of the molecule is C=C(C)C(=O)OCCCCC(Cc1ccccc1)O[SiH3]. The molecule has 3 nitrogen and oxygen atoms in total. The molecule has 0 saturated carbocycles. The van der Waals surface area contributed by atoms with Crippen LogP contribution in [0.5, 0.6) is 0 Å². The Hall–Kier alpha value is -1.39. The van der Waals surface area contributed by atoms with Crippen LogP contribution in [0.2, 0.25) is 0 Å². The second kappa shape index (κ2) is 9.50. The number of unbranched alkanes of at least 4 members (excludes halogenated alkanes) is 1. The largest absolute Gasteiger partial charge is 0.462 e. The van der Waals surface area contributed by atoms with Crippen LogP contribution in [0.3, 0.4) is 0 Å². The van der Waals surface area contributed by atoms with Gasteiger partial charge in [0.15, 0.2) is 0 Å². The molecule has 0 aliphatic rings. The first-order valence-electron chi connectivity index (χ1n) is 7.03. The third-order valence-electron chi connectivity index (χ3n) is 3.14. The summed E-state index contributed by atoms with van der Waals surface area (Å²) in [6.07, 6.45) is 4.11. The Morgan fingerprint density at radius 2 is 2.00 bits per heavy atom. The molecular weight excluding hydrogens is 268 g/mol. The fourth-order valence-electron chi connectivity index (χ4n) is 1.94. The highest BCUT2D eigenvalue weighted by Crippen LogP contribution is 2.11. The lowest BCUT2D eigenvalue weighted by Crippen LogP contribution is -2.15. The third-order valence-corrected chi connectivity index (χ3v) is 3.81. The van der Waals surface area contributed by atoms with Crippen LogP contribution in [0.4, 0.5) is 0 Å². The Morgan fingerprint density at radius 1 is 1.30 bits per heavy atom. The molecule has 1 rings (SSSR count). The first-order valence-corrected chi connectivity index (χ1v) is 7.84. The van der Waals surface area contributed by atoms with Gasteiger partial charge in [-0.25, -0.2) is 4.79 Å². The van der Waals surface area contributed by atoms with E-state index in [1.165, 1.54) is 5.56 Å². The second-order valence-electron chi connectivity index (χ2n) is 4.96. The molecule has 0 bridgehead atoms. The molecule has 0 aromatic heterocycles. The Bertz CT molecular complexity index is 417. The predicted molar refractivity (Wildman–Crippen MR) is 84.6 cm³/mol. The molecule has 110 valence electrons. The van der Waals surface area contributed by atoms with E-state index in [2.05, 4.69) is 30.8 Å². The van der Waals surface area contributed by atoms with Crippen LogP contribution in [-0.2, 0) is 20.4 Å². The molecule has 1 aromatic carbocycles. The van der Waals surface area contributed by atoms with Crippen LogP contribution in [0.1, 0.15) is 31.7 Å². The molecule has 0 amide bonds. The third kappa shape index (κ3) is 6.68. The lowest BCUT2D eigenvalue weighted by molar-refractivity contribution is -0.139. The number of benzene rings is 1. The van der Waals surface area contributed by atoms with Crippen molar-refractivity contribution >= 4 is 16.5 Å². The predicted octanol–water partition coefficient (Wildman–Crippen LogP) is 2.18. The topological polar surface area (TPSA) is 35.5 Å². The lowest BCUT2D eigenvalue weighted by Gasteiger charge is -2.16. The summed E-state index contributed by atoms with van der Waals surface area (Å²) >= 11 is 0. The molecule has 20 heavy (non-hydrogen) atoms. The minimum atomic E-state index is -0.301. The van der Waals surface area contributed by atoms with Crippen molar-refractivity contribution in [2.75, 3.05) is 6.61 Å². The first kappa shape index (κ1) is 16.7. The number of rotatable bonds is 9. The highest BCUT2D eigenvalue weighted by atomic mass is 28.2. The first-order chi connectivity index (χ1) is 9.63. The quantitative estimate of drug-likeness (QED) is 0.303. The van der Waals surface area contributed by atoms with E-state index in [1.807, 2.05) is 6.07 Å². The standard InChI is InChI=1S/C16H24O3Si/c1-13(2)16(17)18-11-7-6-10-15(19-20)12-14-8-4-3-5-9-14/h3-5,8-9,15H,1,6-7,10-12H2,2,20H3. The van der Waals surface area contributed by atoms with Crippen molar-refractivity contribution in [2.45, 2.75) is 38.7 Å². The molecule has 0 saturated heterocycles. The maximum Gasteiger partial charge on any atom is 0.333 e. The minimum absolute atomic E-state index is 0.279. The average Bonchev–Trinajstić information content (AvgIpc) is 2.46. The summed E-state index contributed by atoms with van der Waals surface area (Å²) in [5.74, 6) is -0.301. The van der Waals surface area contributed by atoms with Crippen molar-refractivity contribution in [3.05, 3.63) is 48.0 Å². The molecule has 1 aromatic rings. The zero-order chi connectivity index (χ0) is 14.8. The van der Waals surface area contributed by atoms with E-state index in [9.17, 15) is 4.79 Å². The van der Waals surface area contributed by atoms with Gasteiger partial charge in [0.1, 0.15) is 10.5 Å². The summed E-state index contributed by atoms with van der Waals surface area (Å²) < 4.78 is 10.7. The molecular formula is C16H24O3Si. The molecule has 0 fully saturated rings. The van der Waals surface area contributed by atoms with E-state index < -0.39 is 0 Å². The normalized spacial score (nSPS) is 12.1. The molecule has 1 atom stereocenters. The van der Waals surface area contributed by atoms with Crippen LogP contribution in [-0.4, -0.2) is 29.2 Å². The van der Waals surface area contributed by atoms with Crippen molar-refractivity contribution in [2.24, 2.45) is 0 Å². The number of hydrogen-bond donors (Lipinski definition) is 0. The van der Waals surface area contributed by atoms with Crippen molar-refractivity contribution in [1.29, 1.82) is 0 Å². The maximum absolute atomic E-state index is 11.2. The zero-order valence-corrected chi connectivity index (χ0v) is 14.4. The van der Waals surface area contributed by atoms with Gasteiger partial charge in [-0.05, 0) is 38.2 Å². The van der Waals surface area contributed by atoms with E-state index in [0.717, 1.165) is 36.2 Å². The highest BCUT2D eigenvalue weighted by Gasteiger charge is 2.08. The molecule has 0 aliphatic heterocycles. The number of esters is 1. The van der Waals surface area contributed by atoms with Gasteiger partial charge in [0.25, 0.3) is 0 Å². The van der Waals surface area contributed by atoms with Crippen LogP contribution in [0.15, 0.2) is 42.5 Å². The summed E-state index contributed by atoms with van der Waals surface area (Å²) in [4.78, 5) is 11.2. The fourth-order valence-corrected chi connectivity index (χ4v) is 2.34. The highest BCUT2D eigenvalue weighted by molar-refractivity contribution is 5.98. The van der Waals surface area contributed by atoms with Gasteiger partial charge in [-0.15, -0.1) is 0 Å². The minimum Gasteiger partial charge on any atom is -0.462 e. The Morgan fingerprint density at radius 3 is 2.60 bits per heavy atom. The van der Waals surface area contributed by atoms with Gasteiger partial charge in [-0.2, -0.15) is 0 Å². The summed E-state index contributed by atoms with van der Waals surface area (Å²) in [5, 5.41) is 0. The average molecular weight is 292 g/mol. The Labute approximate surface area is 124 Å². The second-order valence-corrected chi connectivity index (χ2v) is 5.43. The van der Waals surface area contributed by atoms with Crippen LogP contribution in [0.25, 0.3) is 0 Å². The van der Waals surface area contributed by atoms with Gasteiger partial charge < -0.3 is 9.16 Å². The molecule has 1 unspecified atom stereocenters. The van der Waals surface area contributed by atoms with E-state index >= 15 is 0 Å². The zero-order valence-electron chi connectivity index (χ0n) is 12.4. The van der Waals surface area contributed by atoms with Gasteiger partial charge in [0.2, 0.25) is 0 Å². The fraction of sp³-hybridized carbons (Fsp3) is 0.438. The summed E-state index contributed by atoms with van der Waals surface area (Å²) in [7, 11) is 0.750. The van der Waals surface area contributed by atoms with Crippen molar-refractivity contribution in [3.63, 3.8) is 0 Å². The van der Waals surface area contributed by atoms with Crippen LogP contribution < -0.4 is 0 Å². The molecule has 4 heteroatoms. The number of ether oxygens (including phenoxy) is 1. The molecule has 0 N–H and O–H groups in total. The monoisotopic (exact) mass is 292 g/mol. The molecule has 0 aliphatic carbocycles. The van der Waals surface area contributed by atoms with Gasteiger partial charge in [0.05, 0.1) is 6.61 Å². The van der Waals surface area contributed by atoms with Gasteiger partial charge in [0, 0.05) is 11.7 Å². The van der Waals surface area contributed by atoms with E-state index in [1.54, 1.807) is 6.92 Å². The number of hydrogen-bond acceptors (Lipinski definition) is 3. The van der Waals surface area contributed by atoms with Crippen molar-refractivity contribution < 1.29 is 14.0 Å². The Balaban J connectivity index is 2.19. The molecule has 0 spiro atoms. The summed E-state index contributed by atoms with van der Waals surface area (Å²) in [6, 6.07) is 10.4. The van der Waals surface area contributed by atoms with Gasteiger partial charge >= 0.3 is 5.97 Å². The van der Waals surface area contributed by atoms with E-state index in [-0.39, 0.29) is 12.1 Å². The summed E-state index contributed by atoms with van der Waals surface area (Å²) in [5.41, 5.74) is 1.76. The van der Waals surface area contributed by atoms with Gasteiger partial charge in [-0.1, -0.05) is 36.9 Å². The Kier molecular flexibility index (Phi) is 7.91. The number of carbonyl (C=O) groups is 1. The van der Waals surface area contributed by atoms with Crippen LogP contribution in [0, 0.1) is 0 Å². The smallest absolute Gasteiger partial charge is 0.333 e. The molecule has 0 heterocycles. The maximum atomic E-state index is 11.2. The molecule has 0 radical (unpaired) electrons. The number of carbonyl (C=O) groups excluding carboxylic acids is 1. The lowest BCUT2D eigenvalue weighted by atomic mass is 10.0. The summed E-state index contributed by atoms with van der Waals surface area (Å²) in [6.45, 7) is 5.68. The van der Waals surface area contributed by atoms with Gasteiger partial charge in [-0.3, -0.25) is 0 Å². The van der Waals surface area contributed by atoms with E-state index in [4.69, 9.17) is 9.16 Å². The van der Waals surface area contributed by atoms with Crippen molar-refractivity contribution in [1.82, 2.24) is 0 Å². The van der Waals surface area contributed by atoms with Crippen LogP contribution >= 0.6 is 0 Å². The van der Waals surface area contributed by atoms with E-state index in [0.29, 0.717) is 12.2 Å². The van der Waals surface area contributed by atoms with Crippen molar-refractivity contribution in [3.8, 4) is 0 Å².